The molecule has 0 aliphatic carbocycles. The van der Waals surface area contributed by atoms with E-state index < -0.39 is 11.2 Å². The van der Waals surface area contributed by atoms with Gasteiger partial charge in [-0.15, -0.1) is 0 Å². The molecule has 1 N–H and O–H groups in total. The zero-order valence-corrected chi connectivity index (χ0v) is 14.4. The molecule has 0 spiro atoms. The predicted molar refractivity (Wildman–Crippen MR) is 91.8 cm³/mol. The highest BCUT2D eigenvalue weighted by Crippen LogP contribution is 2.45. The fraction of sp³-hybridized carbons (Fsp3) is 0.421. The van der Waals surface area contributed by atoms with Gasteiger partial charge in [0.2, 0.25) is 5.75 Å². The van der Waals surface area contributed by atoms with Crippen LogP contribution in [-0.2, 0) is 6.42 Å². The number of aliphatic hydroxyl groups is 1. The minimum atomic E-state index is -0.983. The summed E-state index contributed by atoms with van der Waals surface area (Å²) in [4.78, 5) is 11.6. The van der Waals surface area contributed by atoms with Crippen molar-refractivity contribution in [2.75, 3.05) is 6.61 Å². The largest absolute Gasteiger partial charge is 0.483 e. The summed E-state index contributed by atoms with van der Waals surface area (Å²) in [5.74, 6) is 0.968. The lowest BCUT2D eigenvalue weighted by Gasteiger charge is -2.24. The first-order valence-electron chi connectivity index (χ1n) is 8.00. The maximum atomic E-state index is 11.6. The molecule has 5 nitrogen and oxygen atoms in total. The Balaban J connectivity index is 2.10. The van der Waals surface area contributed by atoms with Crippen LogP contribution in [0.1, 0.15) is 33.3 Å². The van der Waals surface area contributed by atoms with Crippen LogP contribution in [0.15, 0.2) is 39.1 Å². The van der Waals surface area contributed by atoms with Crippen molar-refractivity contribution in [1.82, 2.24) is 0 Å². The molecule has 0 bridgehead atoms. The van der Waals surface area contributed by atoms with Crippen LogP contribution in [0, 0.1) is 0 Å². The van der Waals surface area contributed by atoms with E-state index in [-0.39, 0.29) is 6.10 Å². The molecule has 24 heavy (non-hydrogen) atoms. The van der Waals surface area contributed by atoms with Crippen molar-refractivity contribution in [3.8, 4) is 11.5 Å². The quantitative estimate of drug-likeness (QED) is 0.688. The molecule has 0 saturated carbocycles. The Kier molecular flexibility index (Phi) is 4.13. The zero-order valence-electron chi connectivity index (χ0n) is 14.4. The predicted octanol–water partition coefficient (Wildman–Crippen LogP) is 3.21. The van der Waals surface area contributed by atoms with Crippen molar-refractivity contribution in [3.05, 3.63) is 45.8 Å². The molecule has 1 aliphatic rings. The van der Waals surface area contributed by atoms with Crippen molar-refractivity contribution >= 4 is 11.0 Å². The molecule has 0 unspecified atom stereocenters. The molecule has 2 heterocycles. The third kappa shape index (κ3) is 3.17. The molecular weight excluding hydrogens is 308 g/mol. The number of allylic oxidation sites excluding steroid dienone is 1. The van der Waals surface area contributed by atoms with Gasteiger partial charge in [-0.1, -0.05) is 5.57 Å². The van der Waals surface area contributed by atoms with Gasteiger partial charge in [-0.2, -0.15) is 0 Å². The van der Waals surface area contributed by atoms with E-state index in [0.29, 0.717) is 30.1 Å². The average Bonchev–Trinajstić information content (AvgIpc) is 2.90. The summed E-state index contributed by atoms with van der Waals surface area (Å²) in [6.45, 7) is 7.75. The maximum absolute atomic E-state index is 11.6. The van der Waals surface area contributed by atoms with Crippen LogP contribution in [0.3, 0.4) is 0 Å². The Morgan fingerprint density at radius 1 is 1.42 bits per heavy atom. The topological polar surface area (TPSA) is 68.9 Å². The van der Waals surface area contributed by atoms with Crippen LogP contribution in [-0.4, -0.2) is 23.4 Å². The molecule has 0 radical (unpaired) electrons. The number of hydrogen-bond acceptors (Lipinski definition) is 5. The summed E-state index contributed by atoms with van der Waals surface area (Å²) in [6.07, 6.45) is 2.14. The van der Waals surface area contributed by atoms with Crippen molar-refractivity contribution in [3.63, 3.8) is 0 Å². The number of rotatable bonds is 4. The first kappa shape index (κ1) is 16.6. The number of fused-ring (bicyclic) bond motifs is 2. The Hall–Kier alpha value is -2.27. The van der Waals surface area contributed by atoms with Crippen LogP contribution in [0.2, 0.25) is 0 Å². The first-order valence-corrected chi connectivity index (χ1v) is 8.00. The van der Waals surface area contributed by atoms with Gasteiger partial charge < -0.3 is 19.0 Å². The molecule has 0 saturated heterocycles. The minimum absolute atomic E-state index is 0.350. The second-order valence-corrected chi connectivity index (χ2v) is 6.92. The average molecular weight is 330 g/mol. The summed E-state index contributed by atoms with van der Waals surface area (Å²) in [6, 6.07) is 5.03. The van der Waals surface area contributed by atoms with E-state index in [2.05, 4.69) is 0 Å². The second-order valence-electron chi connectivity index (χ2n) is 6.92. The van der Waals surface area contributed by atoms with Gasteiger partial charge in [-0.3, -0.25) is 0 Å². The van der Waals surface area contributed by atoms with E-state index in [0.717, 1.165) is 16.5 Å². The molecule has 5 heteroatoms. The smallest absolute Gasteiger partial charge is 0.336 e. The third-order valence-electron chi connectivity index (χ3n) is 4.07. The summed E-state index contributed by atoms with van der Waals surface area (Å²) in [7, 11) is 0. The van der Waals surface area contributed by atoms with E-state index in [4.69, 9.17) is 13.9 Å². The molecule has 1 aromatic heterocycles. The van der Waals surface area contributed by atoms with Crippen LogP contribution >= 0.6 is 0 Å². The van der Waals surface area contributed by atoms with Crippen LogP contribution in [0.4, 0.5) is 0 Å². The van der Waals surface area contributed by atoms with Crippen molar-refractivity contribution in [1.29, 1.82) is 0 Å². The van der Waals surface area contributed by atoms with Crippen LogP contribution < -0.4 is 15.1 Å². The lowest BCUT2D eigenvalue weighted by molar-refractivity contribution is -0.0236. The van der Waals surface area contributed by atoms with E-state index in [1.54, 1.807) is 19.9 Å². The zero-order chi connectivity index (χ0) is 17.5. The number of benzene rings is 1. The summed E-state index contributed by atoms with van der Waals surface area (Å²) >= 11 is 0. The van der Waals surface area contributed by atoms with E-state index in [1.807, 2.05) is 26.0 Å². The first-order chi connectivity index (χ1) is 11.3. The Bertz CT molecular complexity index is 850. The highest BCUT2D eigenvalue weighted by Gasteiger charge is 2.37. The van der Waals surface area contributed by atoms with Gasteiger partial charge in [0.25, 0.3) is 0 Å². The number of hydrogen-bond donors (Lipinski definition) is 1. The van der Waals surface area contributed by atoms with E-state index in [1.165, 1.54) is 6.07 Å². The van der Waals surface area contributed by atoms with Gasteiger partial charge >= 0.3 is 5.63 Å². The van der Waals surface area contributed by atoms with Gasteiger partial charge in [-0.05, 0) is 45.9 Å². The van der Waals surface area contributed by atoms with Crippen molar-refractivity contribution in [2.45, 2.75) is 45.8 Å². The molecule has 0 amide bonds. The monoisotopic (exact) mass is 330 g/mol. The third-order valence-corrected chi connectivity index (χ3v) is 4.07. The fourth-order valence-corrected chi connectivity index (χ4v) is 2.70. The molecule has 3 rings (SSSR count). The van der Waals surface area contributed by atoms with Gasteiger partial charge in [0.05, 0.1) is 5.60 Å². The number of ether oxygens (including phenoxy) is 2. The summed E-state index contributed by atoms with van der Waals surface area (Å²) in [5, 5.41) is 11.0. The molecule has 0 fully saturated rings. The highest BCUT2D eigenvalue weighted by atomic mass is 16.5. The molecular formula is C19H22O5. The lowest BCUT2D eigenvalue weighted by atomic mass is 9.97. The van der Waals surface area contributed by atoms with E-state index >= 15 is 0 Å². The molecule has 1 aromatic carbocycles. The summed E-state index contributed by atoms with van der Waals surface area (Å²) < 4.78 is 17.2. The van der Waals surface area contributed by atoms with Crippen LogP contribution in [0.5, 0.6) is 11.5 Å². The highest BCUT2D eigenvalue weighted by molar-refractivity contribution is 5.87. The summed E-state index contributed by atoms with van der Waals surface area (Å²) in [5.41, 5.74) is 1.02. The molecule has 1 atom stereocenters. The molecule has 2 aromatic rings. The fourth-order valence-electron chi connectivity index (χ4n) is 2.70. The Morgan fingerprint density at radius 3 is 2.83 bits per heavy atom. The van der Waals surface area contributed by atoms with Crippen LogP contribution in [0.25, 0.3) is 11.0 Å². The minimum Gasteiger partial charge on any atom is -0.483 e. The van der Waals surface area contributed by atoms with Gasteiger partial charge in [0.15, 0.2) is 11.3 Å². The maximum Gasteiger partial charge on any atom is 0.336 e. The SMILES string of the molecule is CC(C)=CCOc1c2c(cc3ccc(=O)oc13)C[C@@H](C(C)(C)O)O2. The Morgan fingerprint density at radius 2 is 2.17 bits per heavy atom. The second kappa shape index (κ2) is 5.98. The lowest BCUT2D eigenvalue weighted by Crippen LogP contribution is -2.39. The molecule has 1 aliphatic heterocycles. The van der Waals surface area contributed by atoms with Gasteiger partial charge in [0, 0.05) is 23.4 Å². The Labute approximate surface area is 140 Å². The van der Waals surface area contributed by atoms with E-state index in [9.17, 15) is 9.90 Å². The normalized spacial score (nSPS) is 16.6. The van der Waals surface area contributed by atoms with Crippen molar-refractivity contribution < 1.29 is 19.0 Å². The van der Waals surface area contributed by atoms with Gasteiger partial charge in [-0.25, -0.2) is 4.79 Å². The van der Waals surface area contributed by atoms with Crippen molar-refractivity contribution in [2.24, 2.45) is 0 Å². The molecule has 128 valence electrons. The standard InChI is InChI=1S/C19H22O5/c1-11(2)7-8-22-18-16-12(5-6-15(20)24-16)9-13-10-14(19(3,4)21)23-17(13)18/h5-7,9,14,21H,8,10H2,1-4H3/t14-/m0/s1. The van der Waals surface area contributed by atoms with Gasteiger partial charge in [0.1, 0.15) is 12.7 Å².